The maximum absolute atomic E-state index is 12.6. The van der Waals surface area contributed by atoms with Crippen LogP contribution >= 0.6 is 0 Å². The molecular formula is C21H19N3O4. The zero-order valence-electron chi connectivity index (χ0n) is 15.4. The number of carbonyl (C=O) groups is 1. The van der Waals surface area contributed by atoms with Crippen molar-refractivity contribution in [3.8, 4) is 22.9 Å². The number of amides is 1. The van der Waals surface area contributed by atoms with Crippen LogP contribution in [0.4, 0.5) is 5.69 Å². The molecule has 1 fully saturated rings. The fourth-order valence-corrected chi connectivity index (χ4v) is 3.54. The van der Waals surface area contributed by atoms with Gasteiger partial charge in [0.15, 0.2) is 11.5 Å². The van der Waals surface area contributed by atoms with E-state index >= 15 is 0 Å². The minimum atomic E-state index is -0.132. The third-order valence-corrected chi connectivity index (χ3v) is 5.06. The fraction of sp³-hybridized carbons (Fsp3) is 0.286. The van der Waals surface area contributed by atoms with Gasteiger partial charge in [-0.15, -0.1) is 0 Å². The van der Waals surface area contributed by atoms with Crippen LogP contribution in [0.2, 0.25) is 0 Å². The summed E-state index contributed by atoms with van der Waals surface area (Å²) in [5.74, 6) is 2.30. The Morgan fingerprint density at radius 1 is 1.04 bits per heavy atom. The zero-order chi connectivity index (χ0) is 19.1. The quantitative estimate of drug-likeness (QED) is 0.697. The van der Waals surface area contributed by atoms with Crippen molar-refractivity contribution in [2.45, 2.75) is 19.3 Å². The number of hydrogen-bond donors (Lipinski definition) is 0. The van der Waals surface area contributed by atoms with Crippen LogP contribution in [0.1, 0.15) is 23.8 Å². The molecule has 0 unspecified atom stereocenters. The van der Waals surface area contributed by atoms with Crippen molar-refractivity contribution in [2.24, 2.45) is 0 Å². The van der Waals surface area contributed by atoms with E-state index in [1.807, 2.05) is 49.4 Å². The topological polar surface area (TPSA) is 77.7 Å². The van der Waals surface area contributed by atoms with E-state index in [0.29, 0.717) is 49.4 Å². The Morgan fingerprint density at radius 3 is 2.64 bits per heavy atom. The molecule has 0 saturated carbocycles. The predicted molar refractivity (Wildman–Crippen MR) is 102 cm³/mol. The molecule has 28 heavy (non-hydrogen) atoms. The Labute approximate surface area is 161 Å². The van der Waals surface area contributed by atoms with Crippen LogP contribution in [0.15, 0.2) is 47.0 Å². The third-order valence-electron chi connectivity index (χ3n) is 5.06. The first-order chi connectivity index (χ1) is 13.7. The number of anilines is 1. The van der Waals surface area contributed by atoms with Gasteiger partial charge < -0.3 is 18.9 Å². The number of carbonyl (C=O) groups excluding carboxylic acids is 1. The van der Waals surface area contributed by atoms with E-state index in [1.54, 1.807) is 4.90 Å². The molecule has 3 heterocycles. The molecule has 1 aromatic heterocycles. The first-order valence-electron chi connectivity index (χ1n) is 9.28. The van der Waals surface area contributed by atoms with Crippen LogP contribution in [0.5, 0.6) is 11.5 Å². The summed E-state index contributed by atoms with van der Waals surface area (Å²) >= 11 is 0. The number of aromatic nitrogens is 2. The number of benzene rings is 2. The van der Waals surface area contributed by atoms with E-state index in [9.17, 15) is 4.79 Å². The molecule has 0 N–H and O–H groups in total. The molecule has 1 amide bonds. The number of fused-ring (bicyclic) bond motifs is 1. The largest absolute Gasteiger partial charge is 0.486 e. The summed E-state index contributed by atoms with van der Waals surface area (Å²) in [4.78, 5) is 18.9. The minimum Gasteiger partial charge on any atom is -0.486 e. The van der Waals surface area contributed by atoms with Gasteiger partial charge in [0.05, 0.1) is 5.92 Å². The molecule has 0 aliphatic carbocycles. The van der Waals surface area contributed by atoms with E-state index in [4.69, 9.17) is 14.0 Å². The van der Waals surface area contributed by atoms with E-state index in [0.717, 1.165) is 11.3 Å². The predicted octanol–water partition coefficient (Wildman–Crippen LogP) is 3.34. The van der Waals surface area contributed by atoms with Gasteiger partial charge in [0.2, 0.25) is 17.6 Å². The van der Waals surface area contributed by atoms with E-state index < -0.39 is 0 Å². The second-order valence-electron chi connectivity index (χ2n) is 7.06. The first-order valence-corrected chi connectivity index (χ1v) is 9.28. The summed E-state index contributed by atoms with van der Waals surface area (Å²) in [5.41, 5.74) is 2.85. The normalized spacial score (nSPS) is 18.5. The van der Waals surface area contributed by atoms with Gasteiger partial charge in [0, 0.05) is 30.3 Å². The molecule has 7 nitrogen and oxygen atoms in total. The van der Waals surface area contributed by atoms with E-state index in [-0.39, 0.29) is 11.8 Å². The SMILES string of the molecule is Cc1ccc(-c2noc([C@H]3CC(=O)N(c4ccc5c(c4)OCCO5)C3)n2)cc1. The zero-order valence-corrected chi connectivity index (χ0v) is 15.4. The van der Waals surface area contributed by atoms with Gasteiger partial charge in [-0.25, -0.2) is 0 Å². The van der Waals surface area contributed by atoms with Crippen LogP contribution in [-0.2, 0) is 4.79 Å². The van der Waals surface area contributed by atoms with Gasteiger partial charge in [-0.1, -0.05) is 35.0 Å². The molecular weight excluding hydrogens is 358 g/mol. The lowest BCUT2D eigenvalue weighted by Gasteiger charge is -2.22. The van der Waals surface area contributed by atoms with Gasteiger partial charge in [0.25, 0.3) is 0 Å². The second-order valence-corrected chi connectivity index (χ2v) is 7.06. The number of hydrogen-bond acceptors (Lipinski definition) is 6. The second kappa shape index (κ2) is 6.67. The monoisotopic (exact) mass is 377 g/mol. The number of aryl methyl sites for hydroxylation is 1. The van der Waals surface area contributed by atoms with Crippen molar-refractivity contribution >= 4 is 11.6 Å². The smallest absolute Gasteiger partial charge is 0.232 e. The maximum Gasteiger partial charge on any atom is 0.232 e. The molecule has 3 aromatic rings. The number of ether oxygens (including phenoxy) is 2. The van der Waals surface area contributed by atoms with Gasteiger partial charge in [-0.05, 0) is 19.1 Å². The number of rotatable bonds is 3. The summed E-state index contributed by atoms with van der Waals surface area (Å²) in [7, 11) is 0. The van der Waals surface area contributed by atoms with Crippen molar-refractivity contribution in [3.63, 3.8) is 0 Å². The van der Waals surface area contributed by atoms with Crippen molar-refractivity contribution in [1.82, 2.24) is 10.1 Å². The van der Waals surface area contributed by atoms with E-state index in [2.05, 4.69) is 10.1 Å². The lowest BCUT2D eigenvalue weighted by Crippen LogP contribution is -2.24. The Hall–Kier alpha value is -3.35. The molecule has 7 heteroatoms. The lowest BCUT2D eigenvalue weighted by atomic mass is 10.1. The standard InChI is InChI=1S/C21H19N3O4/c1-13-2-4-14(5-3-13)20-22-21(28-23-20)15-10-19(25)24(12-15)16-6-7-17-18(11-16)27-9-8-26-17/h2-7,11,15H,8-10,12H2,1H3/t15-/m0/s1. The number of nitrogens with zero attached hydrogens (tertiary/aromatic N) is 3. The van der Waals surface area contributed by atoms with Crippen molar-refractivity contribution < 1.29 is 18.8 Å². The summed E-state index contributed by atoms with van der Waals surface area (Å²) in [6, 6.07) is 13.5. The molecule has 2 aliphatic heterocycles. The molecule has 5 rings (SSSR count). The lowest BCUT2D eigenvalue weighted by molar-refractivity contribution is -0.117. The fourth-order valence-electron chi connectivity index (χ4n) is 3.54. The van der Waals surface area contributed by atoms with Gasteiger partial charge in [-0.3, -0.25) is 4.79 Å². The Kier molecular flexibility index (Phi) is 4.00. The van der Waals surface area contributed by atoms with Crippen molar-refractivity contribution in [2.75, 3.05) is 24.7 Å². The highest BCUT2D eigenvalue weighted by Gasteiger charge is 2.35. The van der Waals surface area contributed by atoms with Gasteiger partial charge in [0.1, 0.15) is 13.2 Å². The Balaban J connectivity index is 1.36. The average molecular weight is 377 g/mol. The average Bonchev–Trinajstić information content (AvgIpc) is 3.35. The van der Waals surface area contributed by atoms with Gasteiger partial charge >= 0.3 is 0 Å². The van der Waals surface area contributed by atoms with Crippen molar-refractivity contribution in [3.05, 3.63) is 53.9 Å². The summed E-state index contributed by atoms with van der Waals surface area (Å²) in [6.45, 7) is 3.57. The first kappa shape index (κ1) is 16.8. The molecule has 2 aliphatic rings. The van der Waals surface area contributed by atoms with E-state index in [1.165, 1.54) is 5.56 Å². The van der Waals surface area contributed by atoms with Crippen LogP contribution in [-0.4, -0.2) is 35.8 Å². The minimum absolute atomic E-state index is 0.0248. The molecule has 1 atom stereocenters. The van der Waals surface area contributed by atoms with Crippen LogP contribution in [0.3, 0.4) is 0 Å². The summed E-state index contributed by atoms with van der Waals surface area (Å²) in [6.07, 6.45) is 0.337. The Morgan fingerprint density at radius 2 is 1.82 bits per heavy atom. The van der Waals surface area contributed by atoms with Gasteiger partial charge in [-0.2, -0.15) is 4.98 Å². The third kappa shape index (κ3) is 2.98. The molecule has 0 spiro atoms. The molecule has 1 saturated heterocycles. The highest BCUT2D eigenvalue weighted by molar-refractivity contribution is 5.96. The summed E-state index contributed by atoms with van der Waals surface area (Å²) in [5, 5.41) is 4.09. The summed E-state index contributed by atoms with van der Waals surface area (Å²) < 4.78 is 16.6. The maximum atomic E-state index is 12.6. The van der Waals surface area contributed by atoms with Crippen LogP contribution in [0.25, 0.3) is 11.4 Å². The molecule has 0 bridgehead atoms. The molecule has 142 valence electrons. The van der Waals surface area contributed by atoms with Crippen LogP contribution in [0, 0.1) is 6.92 Å². The van der Waals surface area contributed by atoms with Crippen LogP contribution < -0.4 is 14.4 Å². The highest BCUT2D eigenvalue weighted by atomic mass is 16.6. The molecule has 2 aromatic carbocycles. The Bertz CT molecular complexity index is 1030. The highest BCUT2D eigenvalue weighted by Crippen LogP contribution is 2.37. The molecule has 0 radical (unpaired) electrons. The van der Waals surface area contributed by atoms with Crippen molar-refractivity contribution in [1.29, 1.82) is 0 Å².